The topological polar surface area (TPSA) is 39.9 Å². The number of halogens is 3. The van der Waals surface area contributed by atoms with Gasteiger partial charge in [0.15, 0.2) is 5.69 Å². The molecule has 2 heterocycles. The van der Waals surface area contributed by atoms with Crippen molar-refractivity contribution in [3.05, 3.63) is 59.9 Å². The van der Waals surface area contributed by atoms with Crippen LogP contribution < -0.4 is 4.74 Å². The SMILES string of the molecule is COc1ccc(-n2nc(C(F)(F)F)cc2-c2ccc(C)cc2)cn1. The first-order valence-corrected chi connectivity index (χ1v) is 7.13. The molecule has 7 heteroatoms. The van der Waals surface area contributed by atoms with Crippen LogP contribution in [0.25, 0.3) is 16.9 Å². The van der Waals surface area contributed by atoms with E-state index in [1.165, 1.54) is 18.0 Å². The van der Waals surface area contributed by atoms with Gasteiger partial charge in [0.05, 0.1) is 24.7 Å². The number of methoxy groups -OCH3 is 1. The fraction of sp³-hybridized carbons (Fsp3) is 0.176. The Kier molecular flexibility index (Phi) is 4.01. The predicted octanol–water partition coefficient (Wildman–Crippen LogP) is 4.27. The van der Waals surface area contributed by atoms with Gasteiger partial charge in [-0.2, -0.15) is 18.3 Å². The molecule has 124 valence electrons. The Bertz CT molecular complexity index is 837. The van der Waals surface area contributed by atoms with E-state index < -0.39 is 11.9 Å². The third-order valence-electron chi connectivity index (χ3n) is 3.52. The van der Waals surface area contributed by atoms with Crippen molar-refractivity contribution in [2.75, 3.05) is 7.11 Å². The first kappa shape index (κ1) is 16.0. The van der Waals surface area contributed by atoms with Crippen molar-refractivity contribution < 1.29 is 17.9 Å². The number of pyridine rings is 1. The third-order valence-corrected chi connectivity index (χ3v) is 3.52. The van der Waals surface area contributed by atoms with Crippen LogP contribution in [0.1, 0.15) is 11.3 Å². The quantitative estimate of drug-likeness (QED) is 0.719. The largest absolute Gasteiger partial charge is 0.481 e. The fourth-order valence-electron chi connectivity index (χ4n) is 2.26. The Balaban J connectivity index is 2.15. The summed E-state index contributed by atoms with van der Waals surface area (Å²) in [4.78, 5) is 4.03. The smallest absolute Gasteiger partial charge is 0.435 e. The highest BCUT2D eigenvalue weighted by Crippen LogP contribution is 2.33. The molecule has 0 aliphatic rings. The number of hydrogen-bond donors (Lipinski definition) is 0. The molecule has 24 heavy (non-hydrogen) atoms. The van der Waals surface area contributed by atoms with Crippen molar-refractivity contribution in [2.24, 2.45) is 0 Å². The van der Waals surface area contributed by atoms with Gasteiger partial charge < -0.3 is 4.74 Å². The molecule has 0 aliphatic heterocycles. The minimum atomic E-state index is -4.52. The zero-order chi connectivity index (χ0) is 17.3. The lowest BCUT2D eigenvalue weighted by atomic mass is 10.1. The molecule has 3 rings (SSSR count). The van der Waals surface area contributed by atoms with Gasteiger partial charge >= 0.3 is 6.18 Å². The van der Waals surface area contributed by atoms with Gasteiger partial charge in [0.2, 0.25) is 5.88 Å². The summed E-state index contributed by atoms with van der Waals surface area (Å²) in [6.07, 6.45) is -3.10. The van der Waals surface area contributed by atoms with Crippen molar-refractivity contribution >= 4 is 0 Å². The number of aryl methyl sites for hydroxylation is 1. The highest BCUT2D eigenvalue weighted by molar-refractivity contribution is 5.63. The first-order chi connectivity index (χ1) is 11.4. The van der Waals surface area contributed by atoms with Crippen molar-refractivity contribution in [3.63, 3.8) is 0 Å². The molecular formula is C17H14F3N3O. The Labute approximate surface area is 136 Å². The van der Waals surface area contributed by atoms with Gasteiger partial charge in [-0.05, 0) is 19.1 Å². The molecule has 4 nitrogen and oxygen atoms in total. The number of aromatic nitrogens is 3. The molecular weight excluding hydrogens is 319 g/mol. The molecule has 0 fully saturated rings. The lowest BCUT2D eigenvalue weighted by molar-refractivity contribution is -0.141. The van der Waals surface area contributed by atoms with E-state index in [0.29, 0.717) is 22.8 Å². The number of hydrogen-bond acceptors (Lipinski definition) is 3. The molecule has 0 N–H and O–H groups in total. The maximum Gasteiger partial charge on any atom is 0.435 e. The lowest BCUT2D eigenvalue weighted by Gasteiger charge is -2.08. The molecule has 3 aromatic rings. The van der Waals surface area contributed by atoms with E-state index in [0.717, 1.165) is 11.6 Å². The van der Waals surface area contributed by atoms with E-state index in [1.54, 1.807) is 24.3 Å². The third kappa shape index (κ3) is 3.10. The Morgan fingerprint density at radius 1 is 1.04 bits per heavy atom. The van der Waals surface area contributed by atoms with Crippen LogP contribution in [0.15, 0.2) is 48.7 Å². The van der Waals surface area contributed by atoms with Crippen molar-refractivity contribution in [1.82, 2.24) is 14.8 Å². The standard InChI is InChI=1S/C17H14F3N3O/c1-11-3-5-12(6-4-11)14-9-15(17(18,19)20)22-23(14)13-7-8-16(24-2)21-10-13/h3-10H,1-2H3. The predicted molar refractivity (Wildman–Crippen MR) is 83.1 cm³/mol. The van der Waals surface area contributed by atoms with Crippen LogP contribution in [0.2, 0.25) is 0 Å². The van der Waals surface area contributed by atoms with Crippen LogP contribution in [-0.4, -0.2) is 21.9 Å². The van der Waals surface area contributed by atoms with Crippen LogP contribution >= 0.6 is 0 Å². The minimum absolute atomic E-state index is 0.342. The maximum absolute atomic E-state index is 13.1. The molecule has 2 aromatic heterocycles. The first-order valence-electron chi connectivity index (χ1n) is 7.13. The van der Waals surface area contributed by atoms with E-state index in [4.69, 9.17) is 4.74 Å². The number of nitrogens with zero attached hydrogens (tertiary/aromatic N) is 3. The van der Waals surface area contributed by atoms with Crippen molar-refractivity contribution in [1.29, 1.82) is 0 Å². The highest BCUT2D eigenvalue weighted by Gasteiger charge is 2.35. The van der Waals surface area contributed by atoms with Gasteiger partial charge in [0, 0.05) is 11.6 Å². The molecule has 0 saturated carbocycles. The van der Waals surface area contributed by atoms with E-state index in [-0.39, 0.29) is 0 Å². The average molecular weight is 333 g/mol. The van der Waals surface area contributed by atoms with Crippen LogP contribution in [0.4, 0.5) is 13.2 Å². The second-order valence-corrected chi connectivity index (χ2v) is 5.25. The number of rotatable bonds is 3. The second-order valence-electron chi connectivity index (χ2n) is 5.25. The van der Waals surface area contributed by atoms with Crippen LogP contribution in [0.5, 0.6) is 5.88 Å². The summed E-state index contributed by atoms with van der Waals surface area (Å²) in [5, 5.41) is 3.72. The summed E-state index contributed by atoms with van der Waals surface area (Å²) in [5.41, 5.74) is 1.47. The lowest BCUT2D eigenvalue weighted by Crippen LogP contribution is -2.07. The number of benzene rings is 1. The van der Waals surface area contributed by atoms with E-state index in [2.05, 4.69) is 10.1 Å². The normalized spacial score (nSPS) is 11.5. The molecule has 0 atom stereocenters. The Hall–Kier alpha value is -2.83. The molecule has 1 aromatic carbocycles. The summed E-state index contributed by atoms with van der Waals surface area (Å²) >= 11 is 0. The van der Waals surface area contributed by atoms with Gasteiger partial charge in [-0.1, -0.05) is 29.8 Å². The molecule has 0 saturated heterocycles. The van der Waals surface area contributed by atoms with Crippen LogP contribution in [0.3, 0.4) is 0 Å². The molecule has 0 bridgehead atoms. The van der Waals surface area contributed by atoms with Crippen molar-refractivity contribution in [2.45, 2.75) is 13.1 Å². The summed E-state index contributed by atoms with van der Waals surface area (Å²) in [6, 6.07) is 11.4. The molecule has 0 unspecified atom stereocenters. The molecule has 0 aliphatic carbocycles. The molecule has 0 spiro atoms. The molecule has 0 amide bonds. The zero-order valence-corrected chi connectivity index (χ0v) is 13.0. The fourth-order valence-corrected chi connectivity index (χ4v) is 2.26. The molecule has 0 radical (unpaired) electrons. The van der Waals surface area contributed by atoms with Crippen LogP contribution in [-0.2, 0) is 6.18 Å². The van der Waals surface area contributed by atoms with Gasteiger partial charge in [-0.3, -0.25) is 0 Å². The number of ether oxygens (including phenoxy) is 1. The second kappa shape index (κ2) is 5.99. The van der Waals surface area contributed by atoms with E-state index in [9.17, 15) is 13.2 Å². The average Bonchev–Trinajstić information content (AvgIpc) is 3.01. The van der Waals surface area contributed by atoms with Crippen LogP contribution in [0, 0.1) is 6.92 Å². The van der Waals surface area contributed by atoms with Gasteiger partial charge in [-0.15, -0.1) is 0 Å². The monoisotopic (exact) mass is 333 g/mol. The zero-order valence-electron chi connectivity index (χ0n) is 13.0. The van der Waals surface area contributed by atoms with E-state index in [1.807, 2.05) is 19.1 Å². The minimum Gasteiger partial charge on any atom is -0.481 e. The van der Waals surface area contributed by atoms with Gasteiger partial charge in [0.25, 0.3) is 0 Å². The van der Waals surface area contributed by atoms with Crippen molar-refractivity contribution in [3.8, 4) is 22.8 Å². The Morgan fingerprint density at radius 3 is 2.29 bits per heavy atom. The van der Waals surface area contributed by atoms with Gasteiger partial charge in [0.1, 0.15) is 0 Å². The summed E-state index contributed by atoms with van der Waals surface area (Å²) in [6.45, 7) is 1.91. The van der Waals surface area contributed by atoms with E-state index >= 15 is 0 Å². The summed E-state index contributed by atoms with van der Waals surface area (Å²) in [5.74, 6) is 0.374. The highest BCUT2D eigenvalue weighted by atomic mass is 19.4. The maximum atomic E-state index is 13.1. The summed E-state index contributed by atoms with van der Waals surface area (Å²) in [7, 11) is 1.47. The Morgan fingerprint density at radius 2 is 1.75 bits per heavy atom. The summed E-state index contributed by atoms with van der Waals surface area (Å²) < 4.78 is 45.5. The van der Waals surface area contributed by atoms with Gasteiger partial charge in [-0.25, -0.2) is 9.67 Å². The number of alkyl halides is 3.